The van der Waals surface area contributed by atoms with Crippen LogP contribution in [0.3, 0.4) is 0 Å². The first-order valence-electron chi connectivity index (χ1n) is 5.31. The van der Waals surface area contributed by atoms with E-state index in [1.165, 1.54) is 0 Å². The van der Waals surface area contributed by atoms with Gasteiger partial charge >= 0.3 is 5.97 Å². The Morgan fingerprint density at radius 1 is 1.44 bits per heavy atom. The highest BCUT2D eigenvalue weighted by atomic mass is 16.4. The molecule has 1 heterocycles. The Balaban J connectivity index is 2.74. The van der Waals surface area contributed by atoms with Crippen molar-refractivity contribution in [1.82, 2.24) is 4.90 Å². The summed E-state index contributed by atoms with van der Waals surface area (Å²) in [5.74, 6) is 0.825. The van der Waals surface area contributed by atoms with E-state index in [1.807, 2.05) is 44.7 Å². The number of furan rings is 1. The van der Waals surface area contributed by atoms with Crippen molar-refractivity contribution < 1.29 is 14.3 Å². The Morgan fingerprint density at radius 2 is 2.06 bits per heavy atom. The SMILES string of the molecule is Cc1ccc(CN(CC(=O)O)C(C)(C)C)o1. The Kier molecular flexibility index (Phi) is 3.75. The first-order chi connectivity index (χ1) is 7.29. The van der Waals surface area contributed by atoms with Crippen molar-refractivity contribution in [2.75, 3.05) is 6.54 Å². The fourth-order valence-corrected chi connectivity index (χ4v) is 1.45. The minimum atomic E-state index is -0.821. The summed E-state index contributed by atoms with van der Waals surface area (Å²) in [5.41, 5.74) is -0.195. The third-order valence-electron chi connectivity index (χ3n) is 2.42. The number of carbonyl (C=O) groups is 1. The maximum Gasteiger partial charge on any atom is 0.317 e. The lowest BCUT2D eigenvalue weighted by atomic mass is 10.1. The predicted molar refractivity (Wildman–Crippen MR) is 61.2 cm³/mol. The van der Waals surface area contributed by atoms with E-state index in [0.29, 0.717) is 6.54 Å². The molecule has 0 unspecified atom stereocenters. The van der Waals surface area contributed by atoms with Gasteiger partial charge in [0.05, 0.1) is 13.1 Å². The molecular formula is C12H19NO3. The van der Waals surface area contributed by atoms with E-state index in [0.717, 1.165) is 11.5 Å². The van der Waals surface area contributed by atoms with Gasteiger partial charge in [0.2, 0.25) is 0 Å². The van der Waals surface area contributed by atoms with E-state index < -0.39 is 5.97 Å². The van der Waals surface area contributed by atoms with Crippen LogP contribution in [0.15, 0.2) is 16.5 Å². The van der Waals surface area contributed by atoms with Gasteiger partial charge in [0.1, 0.15) is 11.5 Å². The highest BCUT2D eigenvalue weighted by Crippen LogP contribution is 2.18. The van der Waals surface area contributed by atoms with Crippen LogP contribution in [0, 0.1) is 6.92 Å². The Labute approximate surface area is 95.9 Å². The molecule has 1 aromatic heterocycles. The zero-order valence-electron chi connectivity index (χ0n) is 10.3. The zero-order valence-corrected chi connectivity index (χ0v) is 10.3. The molecule has 0 saturated carbocycles. The highest BCUT2D eigenvalue weighted by Gasteiger charge is 2.24. The molecule has 0 fully saturated rings. The minimum absolute atomic E-state index is 0.0171. The van der Waals surface area contributed by atoms with Crippen LogP contribution in [0.1, 0.15) is 32.3 Å². The molecular weight excluding hydrogens is 206 g/mol. The molecule has 0 aliphatic rings. The quantitative estimate of drug-likeness (QED) is 0.854. The number of hydrogen-bond acceptors (Lipinski definition) is 3. The van der Waals surface area contributed by atoms with Gasteiger partial charge in [-0.3, -0.25) is 9.69 Å². The molecule has 0 spiro atoms. The van der Waals surface area contributed by atoms with Crippen molar-refractivity contribution in [2.45, 2.75) is 39.8 Å². The third-order valence-corrected chi connectivity index (χ3v) is 2.42. The smallest absolute Gasteiger partial charge is 0.317 e. The van der Waals surface area contributed by atoms with Crippen LogP contribution in [0.25, 0.3) is 0 Å². The molecule has 0 aliphatic heterocycles. The van der Waals surface area contributed by atoms with Crippen LogP contribution in [0.2, 0.25) is 0 Å². The number of carboxylic acids is 1. The first kappa shape index (κ1) is 12.8. The molecule has 1 rings (SSSR count). The van der Waals surface area contributed by atoms with Crippen LogP contribution in [-0.2, 0) is 11.3 Å². The van der Waals surface area contributed by atoms with Gasteiger partial charge < -0.3 is 9.52 Å². The fourth-order valence-electron chi connectivity index (χ4n) is 1.45. The van der Waals surface area contributed by atoms with E-state index in [4.69, 9.17) is 9.52 Å². The maximum absolute atomic E-state index is 10.8. The first-order valence-corrected chi connectivity index (χ1v) is 5.31. The molecule has 1 aromatic rings. The Hall–Kier alpha value is -1.29. The molecule has 4 nitrogen and oxygen atoms in total. The summed E-state index contributed by atoms with van der Waals surface area (Å²) in [6.07, 6.45) is 0. The van der Waals surface area contributed by atoms with Crippen LogP contribution in [-0.4, -0.2) is 28.1 Å². The molecule has 16 heavy (non-hydrogen) atoms. The molecule has 0 aromatic carbocycles. The number of nitrogens with zero attached hydrogens (tertiary/aromatic N) is 1. The third kappa shape index (κ3) is 3.70. The molecule has 1 N–H and O–H groups in total. The molecule has 0 amide bonds. The largest absolute Gasteiger partial charge is 0.480 e. The molecule has 0 bridgehead atoms. The van der Waals surface area contributed by atoms with Gasteiger partial charge in [-0.1, -0.05) is 0 Å². The molecule has 90 valence electrons. The molecule has 0 atom stereocenters. The number of aryl methyl sites for hydroxylation is 1. The Morgan fingerprint density at radius 3 is 2.44 bits per heavy atom. The van der Waals surface area contributed by atoms with Gasteiger partial charge in [0, 0.05) is 5.54 Å². The monoisotopic (exact) mass is 225 g/mol. The van der Waals surface area contributed by atoms with Gasteiger partial charge in [0.15, 0.2) is 0 Å². The van der Waals surface area contributed by atoms with E-state index in [1.54, 1.807) is 0 Å². The lowest BCUT2D eigenvalue weighted by Gasteiger charge is -2.33. The fraction of sp³-hybridized carbons (Fsp3) is 0.583. The normalized spacial score (nSPS) is 12.1. The summed E-state index contributed by atoms with van der Waals surface area (Å²) >= 11 is 0. The van der Waals surface area contributed by atoms with Gasteiger partial charge in [-0.15, -0.1) is 0 Å². The molecule has 0 radical (unpaired) electrons. The van der Waals surface area contributed by atoms with Crippen molar-refractivity contribution in [3.8, 4) is 0 Å². The van der Waals surface area contributed by atoms with E-state index in [9.17, 15) is 4.79 Å². The van der Waals surface area contributed by atoms with E-state index in [-0.39, 0.29) is 12.1 Å². The summed E-state index contributed by atoms with van der Waals surface area (Å²) in [5, 5.41) is 8.86. The van der Waals surface area contributed by atoms with Crippen molar-refractivity contribution in [3.63, 3.8) is 0 Å². The van der Waals surface area contributed by atoms with Crippen LogP contribution >= 0.6 is 0 Å². The van der Waals surface area contributed by atoms with Crippen molar-refractivity contribution >= 4 is 5.97 Å². The van der Waals surface area contributed by atoms with Gasteiger partial charge in [-0.2, -0.15) is 0 Å². The molecule has 4 heteroatoms. The summed E-state index contributed by atoms with van der Waals surface area (Å²) in [6.45, 7) is 8.39. The molecule has 0 saturated heterocycles. The standard InChI is InChI=1S/C12H19NO3/c1-9-5-6-10(16-9)7-13(8-11(14)15)12(2,3)4/h5-6H,7-8H2,1-4H3,(H,14,15). The number of rotatable bonds is 4. The summed E-state index contributed by atoms with van der Waals surface area (Å²) in [4.78, 5) is 12.6. The van der Waals surface area contributed by atoms with Crippen LogP contribution in [0.5, 0.6) is 0 Å². The average molecular weight is 225 g/mol. The van der Waals surface area contributed by atoms with Crippen molar-refractivity contribution in [1.29, 1.82) is 0 Å². The van der Waals surface area contributed by atoms with Gasteiger partial charge in [-0.05, 0) is 39.8 Å². The number of hydrogen-bond donors (Lipinski definition) is 1. The minimum Gasteiger partial charge on any atom is -0.480 e. The van der Waals surface area contributed by atoms with Gasteiger partial charge in [0.25, 0.3) is 0 Å². The van der Waals surface area contributed by atoms with Crippen molar-refractivity contribution in [2.24, 2.45) is 0 Å². The van der Waals surface area contributed by atoms with Gasteiger partial charge in [-0.25, -0.2) is 0 Å². The van der Waals surface area contributed by atoms with E-state index in [2.05, 4.69) is 0 Å². The zero-order chi connectivity index (χ0) is 12.3. The Bertz CT molecular complexity index is 363. The summed E-state index contributed by atoms with van der Waals surface area (Å²) in [7, 11) is 0. The second-order valence-electron chi connectivity index (χ2n) is 4.93. The van der Waals surface area contributed by atoms with Crippen LogP contribution in [0.4, 0.5) is 0 Å². The number of carboxylic acid groups (broad SMARTS) is 1. The van der Waals surface area contributed by atoms with Crippen molar-refractivity contribution in [3.05, 3.63) is 23.7 Å². The maximum atomic E-state index is 10.8. The predicted octanol–water partition coefficient (Wildman–Crippen LogP) is 2.27. The topological polar surface area (TPSA) is 53.7 Å². The summed E-state index contributed by atoms with van der Waals surface area (Å²) in [6, 6.07) is 3.77. The second-order valence-corrected chi connectivity index (χ2v) is 4.93. The average Bonchev–Trinajstić information content (AvgIpc) is 2.47. The molecule has 0 aliphatic carbocycles. The van der Waals surface area contributed by atoms with Crippen LogP contribution < -0.4 is 0 Å². The van der Waals surface area contributed by atoms with E-state index >= 15 is 0 Å². The highest BCUT2D eigenvalue weighted by molar-refractivity contribution is 5.69. The summed E-state index contributed by atoms with van der Waals surface area (Å²) < 4.78 is 5.46. The number of aliphatic carboxylic acids is 1. The lowest BCUT2D eigenvalue weighted by molar-refractivity contribution is -0.140. The second kappa shape index (κ2) is 4.70. The lowest BCUT2D eigenvalue weighted by Crippen LogP contribution is -2.43.